The molecule has 0 fully saturated rings. The molecule has 7 heteroatoms. The normalized spacial score (nSPS) is 15.4. The number of rotatable bonds is 6. The Morgan fingerprint density at radius 3 is 2.84 bits per heavy atom. The predicted octanol–water partition coefficient (Wildman–Crippen LogP) is 2.76. The van der Waals surface area contributed by atoms with E-state index in [1.807, 2.05) is 11.3 Å². The van der Waals surface area contributed by atoms with Gasteiger partial charge in [-0.05, 0) is 35.9 Å². The second kappa shape index (κ2) is 7.76. The number of carbonyl (C=O) groups is 1. The number of carbonyl (C=O) groups excluding carboxylic acids is 1. The molecule has 3 rings (SSSR count). The van der Waals surface area contributed by atoms with Crippen LogP contribution in [-0.2, 0) is 24.2 Å². The van der Waals surface area contributed by atoms with Gasteiger partial charge in [-0.2, -0.15) is 0 Å². The van der Waals surface area contributed by atoms with Gasteiger partial charge in [0, 0.05) is 42.7 Å². The monoisotopic (exact) mass is 359 g/mol. The molecule has 1 aliphatic rings. The molecule has 0 saturated carbocycles. The number of nitrogens with one attached hydrogen (secondary N) is 1. The molecule has 1 unspecified atom stereocenters. The maximum atomic E-state index is 12.1. The van der Waals surface area contributed by atoms with Crippen molar-refractivity contribution < 1.29 is 9.72 Å². The van der Waals surface area contributed by atoms with Gasteiger partial charge in [-0.1, -0.05) is 12.1 Å². The Morgan fingerprint density at radius 2 is 2.12 bits per heavy atom. The zero-order chi connectivity index (χ0) is 17.8. The molecule has 2 heterocycles. The molecule has 2 aromatic rings. The Hall–Kier alpha value is -2.25. The second-order valence-electron chi connectivity index (χ2n) is 6.34. The standard InChI is InChI=1S/C18H21N3O3S/c1-13(20-8-6-17-15(12-20)7-9-25-17)11-19-18(22)10-14-2-4-16(5-3-14)21(23)24/h2-5,7,9,13H,6,8,10-12H2,1H3,(H,19,22). The Bertz CT molecular complexity index is 757. The zero-order valence-corrected chi connectivity index (χ0v) is 14.9. The van der Waals surface area contributed by atoms with Crippen molar-refractivity contribution in [2.45, 2.75) is 32.4 Å². The molecule has 1 aromatic carbocycles. The molecule has 1 aliphatic heterocycles. The van der Waals surface area contributed by atoms with Crippen LogP contribution in [0.25, 0.3) is 0 Å². The summed E-state index contributed by atoms with van der Waals surface area (Å²) in [5, 5.41) is 15.8. The van der Waals surface area contributed by atoms with Gasteiger partial charge in [0.2, 0.25) is 5.91 Å². The predicted molar refractivity (Wildman–Crippen MR) is 97.7 cm³/mol. The van der Waals surface area contributed by atoms with Crippen molar-refractivity contribution >= 4 is 22.9 Å². The van der Waals surface area contributed by atoms with Crippen LogP contribution in [-0.4, -0.2) is 34.9 Å². The third kappa shape index (κ3) is 4.43. The lowest BCUT2D eigenvalue weighted by molar-refractivity contribution is -0.384. The first kappa shape index (κ1) is 17.6. The quantitative estimate of drug-likeness (QED) is 0.636. The molecule has 1 N–H and O–H groups in total. The SMILES string of the molecule is CC(CNC(=O)Cc1ccc([N+](=O)[O-])cc1)N1CCc2sccc2C1. The molecule has 1 atom stereocenters. The van der Waals surface area contributed by atoms with Crippen LogP contribution in [0.3, 0.4) is 0 Å². The Balaban J connectivity index is 1.46. The molecule has 0 radical (unpaired) electrons. The van der Waals surface area contributed by atoms with Crippen molar-refractivity contribution in [3.05, 3.63) is 61.8 Å². The van der Waals surface area contributed by atoms with Crippen LogP contribution in [0.2, 0.25) is 0 Å². The lowest BCUT2D eigenvalue weighted by atomic mass is 10.1. The molecule has 6 nitrogen and oxygen atoms in total. The summed E-state index contributed by atoms with van der Waals surface area (Å²) in [7, 11) is 0. The van der Waals surface area contributed by atoms with E-state index in [4.69, 9.17) is 0 Å². The lowest BCUT2D eigenvalue weighted by Gasteiger charge is -2.32. The van der Waals surface area contributed by atoms with Gasteiger partial charge in [0.1, 0.15) is 0 Å². The summed E-state index contributed by atoms with van der Waals surface area (Å²) < 4.78 is 0. The molecule has 0 bridgehead atoms. The average molecular weight is 359 g/mol. The van der Waals surface area contributed by atoms with Gasteiger partial charge in [-0.15, -0.1) is 11.3 Å². The van der Waals surface area contributed by atoms with Crippen LogP contribution >= 0.6 is 11.3 Å². The summed E-state index contributed by atoms with van der Waals surface area (Å²) in [6, 6.07) is 8.57. The first-order valence-corrected chi connectivity index (χ1v) is 9.20. The molecule has 0 spiro atoms. The van der Waals surface area contributed by atoms with Crippen molar-refractivity contribution in [2.24, 2.45) is 0 Å². The van der Waals surface area contributed by atoms with E-state index in [-0.39, 0.29) is 24.1 Å². The number of hydrogen-bond acceptors (Lipinski definition) is 5. The van der Waals surface area contributed by atoms with Gasteiger partial charge in [-0.3, -0.25) is 19.8 Å². The van der Waals surface area contributed by atoms with Crippen molar-refractivity contribution in [3.8, 4) is 0 Å². The van der Waals surface area contributed by atoms with Crippen molar-refractivity contribution in [1.29, 1.82) is 0 Å². The van der Waals surface area contributed by atoms with Crippen LogP contribution < -0.4 is 5.32 Å². The molecule has 132 valence electrons. The zero-order valence-electron chi connectivity index (χ0n) is 14.1. The van der Waals surface area contributed by atoms with E-state index in [9.17, 15) is 14.9 Å². The summed E-state index contributed by atoms with van der Waals surface area (Å²) in [6.07, 6.45) is 1.31. The molecule has 0 saturated heterocycles. The fraction of sp³-hybridized carbons (Fsp3) is 0.389. The number of amides is 1. The van der Waals surface area contributed by atoms with E-state index in [2.05, 4.69) is 28.6 Å². The highest BCUT2D eigenvalue weighted by Gasteiger charge is 2.21. The minimum atomic E-state index is -0.441. The molecular weight excluding hydrogens is 338 g/mol. The van der Waals surface area contributed by atoms with Crippen molar-refractivity contribution in [2.75, 3.05) is 13.1 Å². The minimum Gasteiger partial charge on any atom is -0.354 e. The third-order valence-electron chi connectivity index (χ3n) is 4.57. The maximum absolute atomic E-state index is 12.1. The Kier molecular flexibility index (Phi) is 5.45. The largest absolute Gasteiger partial charge is 0.354 e. The number of nitrogens with zero attached hydrogens (tertiary/aromatic N) is 2. The van der Waals surface area contributed by atoms with Gasteiger partial charge in [0.15, 0.2) is 0 Å². The highest BCUT2D eigenvalue weighted by molar-refractivity contribution is 7.10. The number of non-ortho nitro benzene ring substituents is 1. The Morgan fingerprint density at radius 1 is 1.36 bits per heavy atom. The summed E-state index contributed by atoms with van der Waals surface area (Å²) in [5.41, 5.74) is 2.22. The van der Waals surface area contributed by atoms with Crippen LogP contribution in [0.4, 0.5) is 5.69 Å². The van der Waals surface area contributed by atoms with E-state index in [0.717, 1.165) is 25.1 Å². The van der Waals surface area contributed by atoms with E-state index in [0.29, 0.717) is 6.54 Å². The first-order chi connectivity index (χ1) is 12.0. The fourth-order valence-corrected chi connectivity index (χ4v) is 3.91. The smallest absolute Gasteiger partial charge is 0.269 e. The van der Waals surface area contributed by atoms with Crippen molar-refractivity contribution in [3.63, 3.8) is 0 Å². The van der Waals surface area contributed by atoms with Crippen molar-refractivity contribution in [1.82, 2.24) is 10.2 Å². The summed E-state index contributed by atoms with van der Waals surface area (Å²) in [5.74, 6) is -0.0612. The maximum Gasteiger partial charge on any atom is 0.269 e. The average Bonchev–Trinajstić information content (AvgIpc) is 3.07. The van der Waals surface area contributed by atoms with E-state index in [1.165, 1.54) is 22.6 Å². The molecule has 1 aromatic heterocycles. The van der Waals surface area contributed by atoms with E-state index in [1.54, 1.807) is 12.1 Å². The Labute approximate surface area is 150 Å². The van der Waals surface area contributed by atoms with Gasteiger partial charge in [0.25, 0.3) is 5.69 Å². The van der Waals surface area contributed by atoms with Crippen LogP contribution in [0.1, 0.15) is 22.9 Å². The number of hydrogen-bond donors (Lipinski definition) is 1. The van der Waals surface area contributed by atoms with Crippen LogP contribution in [0.5, 0.6) is 0 Å². The number of nitro groups is 1. The molecule has 1 amide bonds. The second-order valence-corrected chi connectivity index (χ2v) is 7.34. The van der Waals surface area contributed by atoms with Crippen LogP contribution in [0, 0.1) is 10.1 Å². The summed E-state index contributed by atoms with van der Waals surface area (Å²) in [6.45, 7) is 4.69. The highest BCUT2D eigenvalue weighted by Crippen LogP contribution is 2.25. The fourth-order valence-electron chi connectivity index (χ4n) is 3.02. The van der Waals surface area contributed by atoms with Crippen LogP contribution in [0.15, 0.2) is 35.7 Å². The third-order valence-corrected chi connectivity index (χ3v) is 5.59. The minimum absolute atomic E-state index is 0.0377. The van der Waals surface area contributed by atoms with Gasteiger partial charge < -0.3 is 5.32 Å². The van der Waals surface area contributed by atoms with E-state index < -0.39 is 4.92 Å². The lowest BCUT2D eigenvalue weighted by Crippen LogP contribution is -2.44. The number of benzene rings is 1. The number of thiophene rings is 1. The van der Waals surface area contributed by atoms with E-state index >= 15 is 0 Å². The summed E-state index contributed by atoms with van der Waals surface area (Å²) in [4.78, 5) is 26.2. The van der Waals surface area contributed by atoms with Gasteiger partial charge in [0.05, 0.1) is 11.3 Å². The number of fused-ring (bicyclic) bond motifs is 1. The molecular formula is C18H21N3O3S. The summed E-state index contributed by atoms with van der Waals surface area (Å²) >= 11 is 1.82. The highest BCUT2D eigenvalue weighted by atomic mass is 32.1. The first-order valence-electron chi connectivity index (χ1n) is 8.32. The molecule has 0 aliphatic carbocycles. The number of nitro benzene ring substituents is 1. The van der Waals surface area contributed by atoms with Gasteiger partial charge >= 0.3 is 0 Å². The topological polar surface area (TPSA) is 75.5 Å². The van der Waals surface area contributed by atoms with Gasteiger partial charge in [-0.25, -0.2) is 0 Å². The molecule has 25 heavy (non-hydrogen) atoms.